The van der Waals surface area contributed by atoms with Crippen molar-refractivity contribution in [2.45, 2.75) is 45.3 Å². The first-order valence-electron chi connectivity index (χ1n) is 7.52. The van der Waals surface area contributed by atoms with Crippen LogP contribution in [0.4, 0.5) is 4.79 Å². The lowest BCUT2D eigenvalue weighted by Crippen LogP contribution is -2.50. The summed E-state index contributed by atoms with van der Waals surface area (Å²) in [5.41, 5.74) is -0.443. The number of carbonyl (C=O) groups excluding carboxylic acids is 1. The average molecular weight is 310 g/mol. The Bertz CT molecular complexity index is 453. The lowest BCUT2D eigenvalue weighted by Gasteiger charge is -2.36. The van der Waals surface area contributed by atoms with E-state index in [-0.39, 0.29) is 12.1 Å². The molecule has 2 atom stereocenters. The number of hydrogen-bond donors (Lipinski definition) is 1. The maximum atomic E-state index is 11.9. The van der Waals surface area contributed by atoms with Crippen molar-refractivity contribution in [1.82, 2.24) is 10.2 Å². The number of alkyl carbamates (subject to hydrolysis) is 1. The highest BCUT2D eigenvalue weighted by Gasteiger charge is 2.28. The molecule has 1 aliphatic rings. The molecular weight excluding hydrogens is 284 g/mol. The molecule has 0 aliphatic carbocycles. The van der Waals surface area contributed by atoms with Crippen LogP contribution in [0.5, 0.6) is 0 Å². The zero-order valence-electron chi connectivity index (χ0n) is 13.4. The molecule has 0 radical (unpaired) electrons. The number of rotatable bonds is 3. The molecule has 0 spiro atoms. The number of likely N-dealkylation sites (N-methyl/N-ethyl adjacent to an activating group) is 1. The van der Waals surface area contributed by atoms with E-state index in [1.165, 1.54) is 4.88 Å². The van der Waals surface area contributed by atoms with Crippen molar-refractivity contribution in [3.05, 3.63) is 22.4 Å². The number of thiophene rings is 1. The number of ether oxygens (including phenoxy) is 1. The molecule has 21 heavy (non-hydrogen) atoms. The van der Waals surface area contributed by atoms with Crippen LogP contribution in [0, 0.1) is 5.92 Å². The largest absolute Gasteiger partial charge is 0.444 e. The third-order valence-corrected chi connectivity index (χ3v) is 4.41. The lowest BCUT2D eigenvalue weighted by atomic mass is 9.91. The van der Waals surface area contributed by atoms with Crippen molar-refractivity contribution < 1.29 is 9.53 Å². The molecule has 1 aliphatic heterocycles. The van der Waals surface area contributed by atoms with Crippen LogP contribution in [0.1, 0.15) is 32.1 Å². The number of amides is 1. The predicted octanol–water partition coefficient (Wildman–Crippen LogP) is 3.14. The highest BCUT2D eigenvalue weighted by Crippen LogP contribution is 2.23. The smallest absolute Gasteiger partial charge is 0.407 e. The van der Waals surface area contributed by atoms with Crippen LogP contribution in [-0.2, 0) is 11.2 Å². The first kappa shape index (κ1) is 16.3. The molecule has 0 bridgehead atoms. The number of likely N-dealkylation sites (tertiary alicyclic amines) is 1. The van der Waals surface area contributed by atoms with Crippen molar-refractivity contribution in [2.24, 2.45) is 5.92 Å². The molecule has 2 unspecified atom stereocenters. The van der Waals surface area contributed by atoms with Gasteiger partial charge in [0.15, 0.2) is 0 Å². The molecule has 2 rings (SSSR count). The van der Waals surface area contributed by atoms with Crippen molar-refractivity contribution >= 4 is 17.4 Å². The average Bonchev–Trinajstić information content (AvgIpc) is 2.77. The second-order valence-electron chi connectivity index (χ2n) is 6.95. The molecule has 0 aromatic carbocycles. The van der Waals surface area contributed by atoms with Crippen molar-refractivity contribution in [3.63, 3.8) is 0 Å². The van der Waals surface area contributed by atoms with Gasteiger partial charge in [0.1, 0.15) is 5.60 Å². The van der Waals surface area contributed by atoms with E-state index in [4.69, 9.17) is 4.74 Å². The molecule has 4 nitrogen and oxygen atoms in total. The van der Waals surface area contributed by atoms with E-state index >= 15 is 0 Å². The van der Waals surface area contributed by atoms with Crippen LogP contribution in [0.15, 0.2) is 17.5 Å². The van der Waals surface area contributed by atoms with Gasteiger partial charge in [-0.1, -0.05) is 6.07 Å². The van der Waals surface area contributed by atoms with Gasteiger partial charge in [-0.05, 0) is 58.0 Å². The van der Waals surface area contributed by atoms with E-state index in [1.54, 1.807) is 0 Å². The molecule has 2 heterocycles. The molecule has 5 heteroatoms. The third kappa shape index (κ3) is 5.67. The lowest BCUT2D eigenvalue weighted by molar-refractivity contribution is 0.0461. The minimum Gasteiger partial charge on any atom is -0.444 e. The summed E-state index contributed by atoms with van der Waals surface area (Å²) in [5.74, 6) is 0.585. The fourth-order valence-corrected chi connectivity index (χ4v) is 3.70. The van der Waals surface area contributed by atoms with Crippen molar-refractivity contribution in [1.29, 1.82) is 0 Å². The predicted molar refractivity (Wildman–Crippen MR) is 86.8 cm³/mol. The van der Waals surface area contributed by atoms with Gasteiger partial charge < -0.3 is 15.0 Å². The van der Waals surface area contributed by atoms with E-state index in [0.717, 1.165) is 25.9 Å². The Balaban J connectivity index is 1.87. The normalized spacial score (nSPS) is 23.8. The van der Waals surface area contributed by atoms with Crippen molar-refractivity contribution in [2.75, 3.05) is 20.1 Å². The number of nitrogens with zero attached hydrogens (tertiary/aromatic N) is 1. The molecule has 1 aromatic heterocycles. The molecule has 1 N–H and O–H groups in total. The summed E-state index contributed by atoms with van der Waals surface area (Å²) in [5, 5.41) is 5.14. The number of piperidine rings is 1. The maximum Gasteiger partial charge on any atom is 0.407 e. The van der Waals surface area contributed by atoms with Crippen LogP contribution in [0.3, 0.4) is 0 Å². The summed E-state index contributed by atoms with van der Waals surface area (Å²) in [4.78, 5) is 15.6. The summed E-state index contributed by atoms with van der Waals surface area (Å²) in [6.07, 6.45) is 1.80. The molecule has 1 fully saturated rings. The quantitative estimate of drug-likeness (QED) is 0.932. The number of hydrogen-bond acceptors (Lipinski definition) is 4. The highest BCUT2D eigenvalue weighted by molar-refractivity contribution is 7.09. The Morgan fingerprint density at radius 1 is 1.48 bits per heavy atom. The molecule has 0 saturated carbocycles. The van der Waals surface area contributed by atoms with E-state index < -0.39 is 5.60 Å². The molecular formula is C16H26N2O2S. The fraction of sp³-hybridized carbons (Fsp3) is 0.688. The number of carbonyl (C=O) groups is 1. The van der Waals surface area contributed by atoms with Gasteiger partial charge in [0, 0.05) is 24.0 Å². The van der Waals surface area contributed by atoms with Crippen LogP contribution >= 0.6 is 11.3 Å². The van der Waals surface area contributed by atoms with Gasteiger partial charge in [-0.25, -0.2) is 4.79 Å². The van der Waals surface area contributed by atoms with Gasteiger partial charge in [-0.3, -0.25) is 0 Å². The van der Waals surface area contributed by atoms with Gasteiger partial charge in [0.2, 0.25) is 0 Å². The Kier molecular flexibility index (Phi) is 5.27. The first-order valence-corrected chi connectivity index (χ1v) is 8.40. The van der Waals surface area contributed by atoms with Crippen LogP contribution in [0.2, 0.25) is 0 Å². The second-order valence-corrected chi connectivity index (χ2v) is 7.98. The van der Waals surface area contributed by atoms with Crippen LogP contribution in [0.25, 0.3) is 0 Å². The van der Waals surface area contributed by atoms with E-state index in [0.29, 0.717) is 5.92 Å². The van der Waals surface area contributed by atoms with Gasteiger partial charge >= 0.3 is 6.09 Å². The molecule has 118 valence electrons. The summed E-state index contributed by atoms with van der Waals surface area (Å²) >= 11 is 1.81. The molecule has 1 aromatic rings. The van der Waals surface area contributed by atoms with Gasteiger partial charge in [0.25, 0.3) is 0 Å². The standard InChI is InChI=1S/C16H26N2O2S/c1-16(2,3)20-15(19)17-13-8-12(10-18(4)11-13)9-14-6-5-7-21-14/h5-7,12-13H,8-11H2,1-4H3,(H,17,19). The minimum absolute atomic E-state index is 0.170. The van der Waals surface area contributed by atoms with E-state index in [9.17, 15) is 4.79 Å². The zero-order chi connectivity index (χ0) is 15.5. The summed E-state index contributed by atoms with van der Waals surface area (Å²) < 4.78 is 5.35. The number of nitrogens with one attached hydrogen (secondary N) is 1. The third-order valence-electron chi connectivity index (χ3n) is 3.51. The Labute approximate surface area is 131 Å². The zero-order valence-corrected chi connectivity index (χ0v) is 14.2. The van der Waals surface area contributed by atoms with Crippen LogP contribution in [-0.4, -0.2) is 42.8 Å². The van der Waals surface area contributed by atoms with E-state index in [2.05, 4.69) is 34.8 Å². The molecule has 1 saturated heterocycles. The summed E-state index contributed by atoms with van der Waals surface area (Å²) in [7, 11) is 2.12. The maximum absolute atomic E-state index is 11.9. The van der Waals surface area contributed by atoms with Crippen LogP contribution < -0.4 is 5.32 Å². The Hall–Kier alpha value is -1.07. The van der Waals surface area contributed by atoms with Crippen molar-refractivity contribution in [3.8, 4) is 0 Å². The minimum atomic E-state index is -0.443. The Morgan fingerprint density at radius 2 is 2.24 bits per heavy atom. The fourth-order valence-electron chi connectivity index (χ4n) is 2.88. The Morgan fingerprint density at radius 3 is 2.86 bits per heavy atom. The van der Waals surface area contributed by atoms with Gasteiger partial charge in [-0.2, -0.15) is 0 Å². The highest BCUT2D eigenvalue weighted by atomic mass is 32.1. The van der Waals surface area contributed by atoms with Gasteiger partial charge in [-0.15, -0.1) is 11.3 Å². The first-order chi connectivity index (χ1) is 9.82. The summed E-state index contributed by atoms with van der Waals surface area (Å²) in [6.45, 7) is 7.64. The summed E-state index contributed by atoms with van der Waals surface area (Å²) in [6, 6.07) is 4.46. The topological polar surface area (TPSA) is 41.6 Å². The SMILES string of the molecule is CN1CC(Cc2cccs2)CC(NC(=O)OC(C)(C)C)C1. The molecule has 1 amide bonds. The monoisotopic (exact) mass is 310 g/mol. The van der Waals surface area contributed by atoms with Gasteiger partial charge in [0.05, 0.1) is 0 Å². The van der Waals surface area contributed by atoms with E-state index in [1.807, 2.05) is 32.1 Å². The second kappa shape index (κ2) is 6.79.